The quantitative estimate of drug-likeness (QED) is 0.765. The summed E-state index contributed by atoms with van der Waals surface area (Å²) in [6.45, 7) is 0.00677. The molecule has 3 heteroatoms. The molecule has 0 amide bonds. The molecule has 1 heterocycles. The van der Waals surface area contributed by atoms with E-state index in [1.165, 1.54) is 10.1 Å². The molecule has 0 aliphatic carbocycles. The Morgan fingerprint density at radius 3 is 2.85 bits per heavy atom. The van der Waals surface area contributed by atoms with E-state index >= 15 is 0 Å². The van der Waals surface area contributed by atoms with Crippen molar-refractivity contribution in [3.05, 3.63) is 35.2 Å². The third-order valence-corrected chi connectivity index (χ3v) is 3.25. The predicted molar refractivity (Wildman–Crippen MR) is 55.8 cm³/mol. The average molecular weight is 193 g/mol. The third kappa shape index (κ3) is 1.58. The van der Waals surface area contributed by atoms with E-state index in [0.717, 1.165) is 4.88 Å². The maximum atomic E-state index is 8.90. The maximum Gasteiger partial charge on any atom is 0.0632 e. The van der Waals surface area contributed by atoms with Gasteiger partial charge in [-0.05, 0) is 17.5 Å². The molecule has 0 saturated heterocycles. The molecule has 3 N–H and O–H groups in total. The first-order valence-corrected chi connectivity index (χ1v) is 4.98. The summed E-state index contributed by atoms with van der Waals surface area (Å²) in [6, 6.07) is 9.93. The van der Waals surface area contributed by atoms with Crippen molar-refractivity contribution >= 4 is 21.4 Å². The van der Waals surface area contributed by atoms with Crippen molar-refractivity contribution in [3.63, 3.8) is 0 Å². The van der Waals surface area contributed by atoms with Crippen molar-refractivity contribution in [2.75, 3.05) is 6.61 Å². The molecule has 0 radical (unpaired) electrons. The first-order chi connectivity index (χ1) is 6.31. The Morgan fingerprint density at radius 2 is 2.15 bits per heavy atom. The fourth-order valence-corrected chi connectivity index (χ4v) is 2.33. The highest BCUT2D eigenvalue weighted by atomic mass is 32.1. The Bertz CT molecular complexity index is 377. The largest absolute Gasteiger partial charge is 0.394 e. The molecule has 13 heavy (non-hydrogen) atoms. The van der Waals surface area contributed by atoms with Gasteiger partial charge in [-0.15, -0.1) is 11.3 Å². The zero-order valence-electron chi connectivity index (χ0n) is 7.10. The lowest BCUT2D eigenvalue weighted by molar-refractivity contribution is 0.269. The molecule has 1 aromatic heterocycles. The Balaban J connectivity index is 2.49. The topological polar surface area (TPSA) is 46.2 Å². The highest BCUT2D eigenvalue weighted by molar-refractivity contribution is 7.19. The highest BCUT2D eigenvalue weighted by Crippen LogP contribution is 2.28. The zero-order valence-corrected chi connectivity index (χ0v) is 7.92. The summed E-state index contributed by atoms with van der Waals surface area (Å²) in [5, 5.41) is 10.1. The monoisotopic (exact) mass is 193 g/mol. The second-order valence-electron chi connectivity index (χ2n) is 2.98. The minimum Gasteiger partial charge on any atom is -0.394 e. The van der Waals surface area contributed by atoms with Gasteiger partial charge in [0.15, 0.2) is 0 Å². The predicted octanol–water partition coefficient (Wildman–Crippen LogP) is 1.89. The van der Waals surface area contributed by atoms with Crippen molar-refractivity contribution in [2.24, 2.45) is 5.73 Å². The van der Waals surface area contributed by atoms with Crippen molar-refractivity contribution < 1.29 is 5.11 Å². The number of nitrogens with two attached hydrogens (primary N) is 1. The molecule has 2 aromatic rings. The van der Waals surface area contributed by atoms with E-state index in [2.05, 4.69) is 12.1 Å². The molecular weight excluding hydrogens is 182 g/mol. The number of aliphatic hydroxyl groups excluding tert-OH is 1. The second-order valence-corrected chi connectivity index (χ2v) is 4.09. The summed E-state index contributed by atoms with van der Waals surface area (Å²) in [5.74, 6) is 0. The van der Waals surface area contributed by atoms with E-state index in [4.69, 9.17) is 10.8 Å². The maximum absolute atomic E-state index is 8.90. The lowest BCUT2D eigenvalue weighted by Crippen LogP contribution is -2.12. The van der Waals surface area contributed by atoms with Crippen molar-refractivity contribution in [3.8, 4) is 0 Å². The summed E-state index contributed by atoms with van der Waals surface area (Å²) in [6.07, 6.45) is 0. The fourth-order valence-electron chi connectivity index (χ4n) is 1.28. The molecule has 2 rings (SSSR count). The van der Waals surface area contributed by atoms with E-state index in [0.29, 0.717) is 0 Å². The Morgan fingerprint density at radius 1 is 1.38 bits per heavy atom. The normalized spacial score (nSPS) is 13.4. The molecule has 0 spiro atoms. The number of fused-ring (bicyclic) bond motifs is 1. The minimum absolute atomic E-state index is 0.00677. The number of benzene rings is 1. The van der Waals surface area contributed by atoms with Gasteiger partial charge in [0.25, 0.3) is 0 Å². The standard InChI is InChI=1S/C10H11NOS/c11-8(6-12)10-5-7-3-1-2-4-9(7)13-10/h1-5,8,12H,6,11H2. The van der Waals surface area contributed by atoms with Crippen LogP contribution in [-0.4, -0.2) is 11.7 Å². The van der Waals surface area contributed by atoms with Crippen molar-refractivity contribution in [1.29, 1.82) is 0 Å². The number of hydrogen-bond donors (Lipinski definition) is 2. The molecule has 1 aromatic carbocycles. The van der Waals surface area contributed by atoms with Gasteiger partial charge >= 0.3 is 0 Å². The van der Waals surface area contributed by atoms with Crippen LogP contribution in [0.1, 0.15) is 10.9 Å². The van der Waals surface area contributed by atoms with E-state index < -0.39 is 0 Å². The average Bonchev–Trinajstić information content (AvgIpc) is 2.59. The Kier molecular flexibility index (Phi) is 2.31. The molecule has 1 unspecified atom stereocenters. The fraction of sp³-hybridized carbons (Fsp3) is 0.200. The number of rotatable bonds is 2. The lowest BCUT2D eigenvalue weighted by atomic mass is 10.2. The number of thiophene rings is 1. The summed E-state index contributed by atoms with van der Waals surface area (Å²) in [7, 11) is 0. The van der Waals surface area contributed by atoms with Crippen LogP contribution in [0.4, 0.5) is 0 Å². The highest BCUT2D eigenvalue weighted by Gasteiger charge is 2.07. The van der Waals surface area contributed by atoms with E-state index in [9.17, 15) is 0 Å². The van der Waals surface area contributed by atoms with Gasteiger partial charge in [-0.2, -0.15) is 0 Å². The van der Waals surface area contributed by atoms with Crippen molar-refractivity contribution in [2.45, 2.75) is 6.04 Å². The molecule has 68 valence electrons. The van der Waals surface area contributed by atoms with Crippen LogP contribution in [0.3, 0.4) is 0 Å². The summed E-state index contributed by atoms with van der Waals surface area (Å²) in [4.78, 5) is 1.05. The Hall–Kier alpha value is -0.900. The van der Waals surface area contributed by atoms with Gasteiger partial charge in [-0.1, -0.05) is 18.2 Å². The molecule has 0 saturated carbocycles. The SMILES string of the molecule is NC(CO)c1cc2ccccc2s1. The second kappa shape index (κ2) is 3.46. The third-order valence-electron chi connectivity index (χ3n) is 2.01. The molecular formula is C10H11NOS. The molecule has 0 aliphatic heterocycles. The van der Waals surface area contributed by atoms with Crippen LogP contribution in [0.15, 0.2) is 30.3 Å². The minimum atomic E-state index is -0.239. The molecule has 0 bridgehead atoms. The van der Waals surface area contributed by atoms with Gasteiger partial charge in [0, 0.05) is 9.58 Å². The van der Waals surface area contributed by atoms with Crippen LogP contribution in [0.5, 0.6) is 0 Å². The molecule has 1 atom stereocenters. The lowest BCUT2D eigenvalue weighted by Gasteiger charge is -2.02. The van der Waals surface area contributed by atoms with Crippen LogP contribution in [0.25, 0.3) is 10.1 Å². The van der Waals surface area contributed by atoms with Gasteiger partial charge < -0.3 is 10.8 Å². The summed E-state index contributed by atoms with van der Waals surface area (Å²) in [5.41, 5.74) is 5.72. The van der Waals surface area contributed by atoms with Crippen LogP contribution in [0, 0.1) is 0 Å². The molecule has 0 fully saturated rings. The van der Waals surface area contributed by atoms with Gasteiger partial charge in [0.2, 0.25) is 0 Å². The van der Waals surface area contributed by atoms with Crippen LogP contribution < -0.4 is 5.73 Å². The smallest absolute Gasteiger partial charge is 0.0632 e. The molecule has 0 aliphatic rings. The van der Waals surface area contributed by atoms with Gasteiger partial charge in [-0.3, -0.25) is 0 Å². The van der Waals surface area contributed by atoms with E-state index in [1.54, 1.807) is 11.3 Å². The van der Waals surface area contributed by atoms with Gasteiger partial charge in [0.1, 0.15) is 0 Å². The number of hydrogen-bond acceptors (Lipinski definition) is 3. The number of aliphatic hydroxyl groups is 1. The van der Waals surface area contributed by atoms with E-state index in [1.807, 2.05) is 18.2 Å². The van der Waals surface area contributed by atoms with E-state index in [-0.39, 0.29) is 12.6 Å². The first-order valence-electron chi connectivity index (χ1n) is 4.16. The zero-order chi connectivity index (χ0) is 9.26. The van der Waals surface area contributed by atoms with Gasteiger partial charge in [-0.25, -0.2) is 0 Å². The van der Waals surface area contributed by atoms with Gasteiger partial charge in [0.05, 0.1) is 12.6 Å². The summed E-state index contributed by atoms with van der Waals surface area (Å²) >= 11 is 1.64. The van der Waals surface area contributed by atoms with Crippen molar-refractivity contribution in [1.82, 2.24) is 0 Å². The molecule has 2 nitrogen and oxygen atoms in total. The van der Waals surface area contributed by atoms with Crippen LogP contribution in [0.2, 0.25) is 0 Å². The van der Waals surface area contributed by atoms with Crippen LogP contribution >= 0.6 is 11.3 Å². The summed E-state index contributed by atoms with van der Waals surface area (Å²) < 4.78 is 1.22. The first kappa shape index (κ1) is 8.69. The Labute approximate surface area is 80.6 Å². The van der Waals surface area contributed by atoms with Crippen LogP contribution in [-0.2, 0) is 0 Å².